The van der Waals surface area contributed by atoms with Gasteiger partial charge in [0.05, 0.1) is 6.04 Å². The van der Waals surface area contributed by atoms with Crippen molar-refractivity contribution in [2.45, 2.75) is 19.9 Å². The lowest BCUT2D eigenvalue weighted by atomic mass is 10.0. The number of hydrogen-bond donors (Lipinski definition) is 0. The van der Waals surface area contributed by atoms with Crippen LogP contribution in [0.5, 0.6) is 0 Å². The van der Waals surface area contributed by atoms with Gasteiger partial charge in [-0.15, -0.1) is 0 Å². The predicted molar refractivity (Wildman–Crippen MR) is 116 cm³/mol. The molecule has 0 spiro atoms. The quantitative estimate of drug-likeness (QED) is 0.475. The summed E-state index contributed by atoms with van der Waals surface area (Å²) in [6.45, 7) is 5.46. The minimum absolute atomic E-state index is 0.324. The van der Waals surface area contributed by atoms with Crippen molar-refractivity contribution in [1.29, 1.82) is 0 Å². The van der Waals surface area contributed by atoms with Crippen LogP contribution in [0, 0.1) is 9.49 Å². The topological polar surface area (TPSA) is 15.6 Å². The molecule has 3 aromatic carbocycles. The third-order valence-corrected chi connectivity index (χ3v) is 5.75. The zero-order valence-corrected chi connectivity index (χ0v) is 16.6. The fourth-order valence-corrected chi connectivity index (χ4v) is 4.12. The van der Waals surface area contributed by atoms with Crippen molar-refractivity contribution in [3.8, 4) is 0 Å². The molecule has 0 amide bonds. The second kappa shape index (κ2) is 6.79. The van der Waals surface area contributed by atoms with Gasteiger partial charge < -0.3 is 4.90 Å². The number of fused-ring (bicyclic) bond motifs is 1. The van der Waals surface area contributed by atoms with Crippen molar-refractivity contribution in [2.75, 3.05) is 11.4 Å². The minimum atomic E-state index is 0.324. The minimum Gasteiger partial charge on any atom is -0.324 e. The average Bonchev–Trinajstić information content (AvgIpc) is 3.07. The first-order valence-electron chi connectivity index (χ1n) is 8.73. The maximum absolute atomic E-state index is 5.16. The van der Waals surface area contributed by atoms with Crippen LogP contribution in [0.25, 0.3) is 10.8 Å². The van der Waals surface area contributed by atoms with E-state index < -0.39 is 0 Å². The van der Waals surface area contributed by atoms with Crippen LogP contribution in [-0.2, 0) is 0 Å². The molecule has 1 atom stereocenters. The van der Waals surface area contributed by atoms with Crippen molar-refractivity contribution in [3.63, 3.8) is 0 Å². The highest BCUT2D eigenvalue weighted by Gasteiger charge is 2.30. The summed E-state index contributed by atoms with van der Waals surface area (Å²) in [4.78, 5) is 7.55. The van der Waals surface area contributed by atoms with Gasteiger partial charge in [0, 0.05) is 21.4 Å². The van der Waals surface area contributed by atoms with E-state index in [1.54, 1.807) is 0 Å². The Balaban J connectivity index is 1.92. The number of hydrogen-bond acceptors (Lipinski definition) is 2. The van der Waals surface area contributed by atoms with E-state index in [1.165, 1.54) is 25.6 Å². The Morgan fingerprint density at radius 2 is 1.68 bits per heavy atom. The van der Waals surface area contributed by atoms with Gasteiger partial charge in [-0.05, 0) is 57.5 Å². The lowest BCUT2D eigenvalue weighted by Crippen LogP contribution is -2.31. The van der Waals surface area contributed by atoms with Crippen LogP contribution in [-0.4, -0.2) is 18.4 Å². The van der Waals surface area contributed by atoms with Gasteiger partial charge in [0.1, 0.15) is 5.84 Å². The molecule has 3 heteroatoms. The van der Waals surface area contributed by atoms with E-state index in [1.807, 2.05) is 0 Å². The third-order valence-electron chi connectivity index (χ3n) is 4.85. The summed E-state index contributed by atoms with van der Waals surface area (Å²) in [6.07, 6.45) is 0. The fourth-order valence-electron chi connectivity index (χ4n) is 3.41. The fraction of sp³-hybridized carbons (Fsp3) is 0.227. The van der Waals surface area contributed by atoms with E-state index in [9.17, 15) is 0 Å². The first-order chi connectivity index (χ1) is 12.1. The van der Waals surface area contributed by atoms with Crippen LogP contribution in [0.3, 0.4) is 0 Å². The van der Waals surface area contributed by atoms with Gasteiger partial charge in [-0.25, -0.2) is 0 Å². The molecule has 0 radical (unpaired) electrons. The summed E-state index contributed by atoms with van der Waals surface area (Å²) in [5.41, 5.74) is 2.47. The molecule has 0 aliphatic carbocycles. The number of benzene rings is 3. The number of aliphatic imine (C=N–C) groups is 1. The molecule has 0 aromatic heterocycles. The number of halogens is 1. The van der Waals surface area contributed by atoms with E-state index >= 15 is 0 Å². The number of amidine groups is 1. The molecule has 0 N–H and O–H groups in total. The largest absolute Gasteiger partial charge is 0.324 e. The smallest absolute Gasteiger partial charge is 0.137 e. The van der Waals surface area contributed by atoms with Crippen LogP contribution in [0.1, 0.15) is 19.4 Å². The van der Waals surface area contributed by atoms with E-state index in [0.717, 1.165) is 12.4 Å². The maximum atomic E-state index is 5.16. The van der Waals surface area contributed by atoms with Crippen LogP contribution in [0.2, 0.25) is 0 Å². The Morgan fingerprint density at radius 1 is 0.960 bits per heavy atom. The molecule has 0 saturated carbocycles. The van der Waals surface area contributed by atoms with Crippen LogP contribution in [0.15, 0.2) is 71.7 Å². The molecule has 0 saturated heterocycles. The molecule has 3 aromatic rings. The number of anilines is 1. The lowest BCUT2D eigenvalue weighted by molar-refractivity contribution is 0.521. The second-order valence-corrected chi connectivity index (χ2v) is 8.02. The normalized spacial score (nSPS) is 17.4. The monoisotopic (exact) mass is 440 g/mol. The summed E-state index contributed by atoms with van der Waals surface area (Å²) >= 11 is 2.44. The molecule has 1 aliphatic heterocycles. The van der Waals surface area contributed by atoms with E-state index in [0.29, 0.717) is 12.0 Å². The Bertz CT molecular complexity index is 931. The highest BCUT2D eigenvalue weighted by atomic mass is 127. The molecule has 1 aliphatic rings. The molecule has 0 unspecified atom stereocenters. The highest BCUT2D eigenvalue weighted by molar-refractivity contribution is 14.1. The molecule has 2 nitrogen and oxygen atoms in total. The number of rotatable bonds is 3. The van der Waals surface area contributed by atoms with E-state index in [2.05, 4.69) is 108 Å². The molecule has 1 heterocycles. The lowest BCUT2D eigenvalue weighted by Gasteiger charge is -2.23. The van der Waals surface area contributed by atoms with Crippen LogP contribution >= 0.6 is 22.6 Å². The summed E-state index contributed by atoms with van der Waals surface area (Å²) < 4.78 is 1.25. The third kappa shape index (κ3) is 3.06. The van der Waals surface area contributed by atoms with E-state index in [4.69, 9.17) is 4.99 Å². The Labute approximate surface area is 162 Å². The molecular formula is C22H21IN2. The van der Waals surface area contributed by atoms with E-state index in [-0.39, 0.29) is 0 Å². The Kier molecular flexibility index (Phi) is 4.50. The van der Waals surface area contributed by atoms with Gasteiger partial charge >= 0.3 is 0 Å². The Hall–Kier alpha value is -1.88. The zero-order valence-electron chi connectivity index (χ0n) is 14.5. The van der Waals surface area contributed by atoms with Crippen LogP contribution < -0.4 is 4.90 Å². The molecule has 25 heavy (non-hydrogen) atoms. The molecule has 0 fully saturated rings. The Morgan fingerprint density at radius 3 is 2.44 bits per heavy atom. The first kappa shape index (κ1) is 16.6. The first-order valence-corrected chi connectivity index (χ1v) is 9.81. The van der Waals surface area contributed by atoms with Gasteiger partial charge in [0.15, 0.2) is 0 Å². The van der Waals surface area contributed by atoms with Crippen molar-refractivity contribution >= 4 is 44.9 Å². The van der Waals surface area contributed by atoms with Crippen molar-refractivity contribution < 1.29 is 0 Å². The molecular weight excluding hydrogens is 419 g/mol. The van der Waals surface area contributed by atoms with Crippen LogP contribution in [0.4, 0.5) is 5.69 Å². The van der Waals surface area contributed by atoms with Crippen molar-refractivity contribution in [3.05, 3.63) is 75.9 Å². The SMILES string of the molecule is CC(C)[C@H]1CN(c2ccccc2)C(c2c(I)ccc3ccccc23)=N1. The maximum Gasteiger partial charge on any atom is 0.137 e. The summed E-state index contributed by atoms with van der Waals surface area (Å²) in [5.74, 6) is 1.63. The number of nitrogens with zero attached hydrogens (tertiary/aromatic N) is 2. The zero-order chi connectivity index (χ0) is 17.4. The second-order valence-electron chi connectivity index (χ2n) is 6.85. The van der Waals surface area contributed by atoms with Gasteiger partial charge in [0.2, 0.25) is 0 Å². The molecule has 4 rings (SSSR count). The standard InChI is InChI=1S/C22H21IN2/c1-15(2)20-14-25(17-9-4-3-5-10-17)22(24-20)21-18-11-7-6-8-16(18)12-13-19(21)23/h3-13,15,20H,14H2,1-2H3/t20-/m1/s1. The summed E-state index contributed by atoms with van der Waals surface area (Å²) in [5, 5.41) is 2.54. The van der Waals surface area contributed by atoms with Crippen molar-refractivity contribution in [1.82, 2.24) is 0 Å². The molecule has 0 bridgehead atoms. The number of para-hydroxylation sites is 1. The van der Waals surface area contributed by atoms with Gasteiger partial charge in [-0.3, -0.25) is 4.99 Å². The van der Waals surface area contributed by atoms with Gasteiger partial charge in [-0.2, -0.15) is 0 Å². The highest BCUT2D eigenvalue weighted by Crippen LogP contribution is 2.32. The van der Waals surface area contributed by atoms with Gasteiger partial charge in [-0.1, -0.05) is 62.4 Å². The predicted octanol–water partition coefficient (Wildman–Crippen LogP) is 5.74. The van der Waals surface area contributed by atoms with Crippen molar-refractivity contribution in [2.24, 2.45) is 10.9 Å². The summed E-state index contributed by atoms with van der Waals surface area (Å²) in [6, 6.07) is 23.9. The average molecular weight is 440 g/mol. The van der Waals surface area contributed by atoms with Gasteiger partial charge in [0.25, 0.3) is 0 Å². The summed E-state index contributed by atoms with van der Waals surface area (Å²) in [7, 11) is 0. The molecule has 126 valence electrons.